The average molecular weight is 365 g/mol. The summed E-state index contributed by atoms with van der Waals surface area (Å²) in [5.74, 6) is 1.06. The van der Waals surface area contributed by atoms with Crippen molar-refractivity contribution in [2.24, 2.45) is 11.8 Å². The van der Waals surface area contributed by atoms with E-state index >= 15 is 0 Å². The standard InChI is InChI=1S/C19H28N2O3S/c1-13-6-4-8-17(14(13)2)20-19(22)16-9-10-18-15(12-16)7-5-11-21(18)25(3,23)24/h9-10,12-14,17H,4-8,11H2,1-3H3,(H,20,22)/t13-,14+,17-/m1/s1. The van der Waals surface area contributed by atoms with Crippen LogP contribution in [0.1, 0.15) is 55.5 Å². The third-order valence-electron chi connectivity index (χ3n) is 5.84. The van der Waals surface area contributed by atoms with Crippen LogP contribution in [0.3, 0.4) is 0 Å². The maximum Gasteiger partial charge on any atom is 0.251 e. The Bertz CT molecular complexity index is 760. The molecule has 3 rings (SSSR count). The van der Waals surface area contributed by atoms with Crippen LogP contribution >= 0.6 is 0 Å². The number of carbonyl (C=O) groups is 1. The zero-order valence-corrected chi connectivity index (χ0v) is 16.1. The van der Waals surface area contributed by atoms with E-state index in [4.69, 9.17) is 0 Å². The van der Waals surface area contributed by atoms with E-state index in [0.29, 0.717) is 29.6 Å². The first-order valence-corrected chi connectivity index (χ1v) is 11.0. The number of benzene rings is 1. The number of hydrogen-bond donors (Lipinski definition) is 1. The number of hydrogen-bond acceptors (Lipinski definition) is 3. The van der Waals surface area contributed by atoms with Gasteiger partial charge >= 0.3 is 0 Å². The molecule has 1 aromatic carbocycles. The van der Waals surface area contributed by atoms with Gasteiger partial charge in [0.1, 0.15) is 0 Å². The normalized spacial score (nSPS) is 26.8. The van der Waals surface area contributed by atoms with Crippen LogP contribution in [-0.4, -0.2) is 33.2 Å². The van der Waals surface area contributed by atoms with Crippen LogP contribution < -0.4 is 9.62 Å². The molecular formula is C19H28N2O3S. The number of carbonyl (C=O) groups excluding carboxylic acids is 1. The molecule has 3 atom stereocenters. The van der Waals surface area contributed by atoms with Gasteiger partial charge in [0.2, 0.25) is 10.0 Å². The molecule has 1 saturated carbocycles. The molecule has 6 heteroatoms. The van der Waals surface area contributed by atoms with Gasteiger partial charge in [0.25, 0.3) is 5.91 Å². The first kappa shape index (κ1) is 18.2. The fourth-order valence-corrected chi connectivity index (χ4v) is 5.08. The summed E-state index contributed by atoms with van der Waals surface area (Å²) in [6.45, 7) is 4.97. The highest BCUT2D eigenvalue weighted by atomic mass is 32.2. The van der Waals surface area contributed by atoms with Crippen LogP contribution in [0.25, 0.3) is 0 Å². The topological polar surface area (TPSA) is 66.5 Å². The predicted octanol–water partition coefficient (Wildman–Crippen LogP) is 2.95. The molecule has 5 nitrogen and oxygen atoms in total. The van der Waals surface area contributed by atoms with E-state index in [-0.39, 0.29) is 11.9 Å². The van der Waals surface area contributed by atoms with Gasteiger partial charge in [-0.3, -0.25) is 9.10 Å². The Morgan fingerprint density at radius 2 is 1.96 bits per heavy atom. The predicted molar refractivity (Wildman–Crippen MR) is 100 cm³/mol. The molecule has 1 heterocycles. The number of nitrogens with zero attached hydrogens (tertiary/aromatic N) is 1. The molecule has 0 bridgehead atoms. The first-order chi connectivity index (χ1) is 11.8. The second kappa shape index (κ2) is 6.98. The lowest BCUT2D eigenvalue weighted by molar-refractivity contribution is 0.0891. The monoisotopic (exact) mass is 364 g/mol. The van der Waals surface area contributed by atoms with E-state index in [0.717, 1.165) is 31.2 Å². The zero-order valence-electron chi connectivity index (χ0n) is 15.3. The van der Waals surface area contributed by atoms with Gasteiger partial charge in [0, 0.05) is 18.2 Å². The lowest BCUT2D eigenvalue weighted by Crippen LogP contribution is -2.43. The molecule has 25 heavy (non-hydrogen) atoms. The van der Waals surface area contributed by atoms with Crippen molar-refractivity contribution in [3.05, 3.63) is 29.3 Å². The number of aryl methyl sites for hydroxylation is 1. The summed E-state index contributed by atoms with van der Waals surface area (Å²) < 4.78 is 25.3. The molecular weight excluding hydrogens is 336 g/mol. The molecule has 0 radical (unpaired) electrons. The van der Waals surface area contributed by atoms with Crippen LogP contribution in [0.15, 0.2) is 18.2 Å². The number of nitrogens with one attached hydrogen (secondary N) is 1. The summed E-state index contributed by atoms with van der Waals surface area (Å²) in [6, 6.07) is 5.60. The van der Waals surface area contributed by atoms with E-state index in [2.05, 4.69) is 19.2 Å². The summed E-state index contributed by atoms with van der Waals surface area (Å²) in [4.78, 5) is 12.7. The van der Waals surface area contributed by atoms with Crippen LogP contribution in [0.5, 0.6) is 0 Å². The van der Waals surface area contributed by atoms with Crippen LogP contribution in [0.4, 0.5) is 5.69 Å². The average Bonchev–Trinajstić information content (AvgIpc) is 2.57. The second-order valence-electron chi connectivity index (χ2n) is 7.63. The van der Waals surface area contributed by atoms with Crippen LogP contribution in [0, 0.1) is 11.8 Å². The molecule has 2 aliphatic rings. The van der Waals surface area contributed by atoms with Gasteiger partial charge in [0.05, 0.1) is 11.9 Å². The number of amides is 1. The Kier molecular flexibility index (Phi) is 5.09. The highest BCUT2D eigenvalue weighted by molar-refractivity contribution is 7.92. The number of anilines is 1. The van der Waals surface area contributed by atoms with Crippen molar-refractivity contribution in [1.82, 2.24) is 5.32 Å². The summed E-state index contributed by atoms with van der Waals surface area (Å²) in [7, 11) is -3.28. The number of rotatable bonds is 3. The molecule has 0 spiro atoms. The number of sulfonamides is 1. The molecule has 1 aliphatic heterocycles. The van der Waals surface area contributed by atoms with E-state index in [1.54, 1.807) is 12.1 Å². The fourth-order valence-electron chi connectivity index (χ4n) is 4.09. The molecule has 138 valence electrons. The Morgan fingerprint density at radius 3 is 2.68 bits per heavy atom. The molecule has 1 aromatic rings. The highest BCUT2D eigenvalue weighted by Gasteiger charge is 2.29. The largest absolute Gasteiger partial charge is 0.349 e. The third-order valence-corrected chi connectivity index (χ3v) is 7.02. The summed E-state index contributed by atoms with van der Waals surface area (Å²) in [5, 5.41) is 3.19. The second-order valence-corrected chi connectivity index (χ2v) is 9.54. The molecule has 1 amide bonds. The van der Waals surface area contributed by atoms with E-state index in [9.17, 15) is 13.2 Å². The lowest BCUT2D eigenvalue weighted by Gasteiger charge is -2.34. The van der Waals surface area contributed by atoms with Gasteiger partial charge in [-0.15, -0.1) is 0 Å². The molecule has 1 N–H and O–H groups in total. The molecule has 1 aliphatic carbocycles. The number of fused-ring (bicyclic) bond motifs is 1. The molecule has 0 unspecified atom stereocenters. The minimum Gasteiger partial charge on any atom is -0.349 e. The van der Waals surface area contributed by atoms with Crippen LogP contribution in [0.2, 0.25) is 0 Å². The van der Waals surface area contributed by atoms with Crippen molar-refractivity contribution < 1.29 is 13.2 Å². The van der Waals surface area contributed by atoms with Gasteiger partial charge in [0.15, 0.2) is 0 Å². The van der Waals surface area contributed by atoms with Gasteiger partial charge in [-0.2, -0.15) is 0 Å². The van der Waals surface area contributed by atoms with E-state index in [1.165, 1.54) is 17.0 Å². The van der Waals surface area contributed by atoms with Gasteiger partial charge in [-0.05, 0) is 54.9 Å². The minimum atomic E-state index is -3.28. The SMILES string of the molecule is C[C@H]1[C@H](C)CCC[C@H]1NC(=O)c1ccc2c(c1)CCCN2S(C)(=O)=O. The zero-order chi connectivity index (χ0) is 18.2. The van der Waals surface area contributed by atoms with Crippen molar-refractivity contribution in [3.8, 4) is 0 Å². The Labute approximate surface area is 150 Å². The Morgan fingerprint density at radius 1 is 1.20 bits per heavy atom. The third kappa shape index (κ3) is 3.84. The first-order valence-electron chi connectivity index (χ1n) is 9.19. The maximum atomic E-state index is 12.7. The Hall–Kier alpha value is -1.56. The molecule has 1 fully saturated rings. The van der Waals surface area contributed by atoms with Crippen molar-refractivity contribution >= 4 is 21.6 Å². The summed E-state index contributed by atoms with van der Waals surface area (Å²) in [5.41, 5.74) is 2.28. The quantitative estimate of drug-likeness (QED) is 0.897. The van der Waals surface area contributed by atoms with E-state index < -0.39 is 10.0 Å². The van der Waals surface area contributed by atoms with Crippen molar-refractivity contribution in [1.29, 1.82) is 0 Å². The summed E-state index contributed by atoms with van der Waals surface area (Å²) in [6.07, 6.45) is 6.23. The van der Waals surface area contributed by atoms with Crippen LogP contribution in [-0.2, 0) is 16.4 Å². The Balaban J connectivity index is 1.79. The van der Waals surface area contributed by atoms with Crippen molar-refractivity contribution in [2.75, 3.05) is 17.1 Å². The minimum absolute atomic E-state index is 0.0507. The lowest BCUT2D eigenvalue weighted by atomic mass is 9.78. The fraction of sp³-hybridized carbons (Fsp3) is 0.632. The van der Waals surface area contributed by atoms with Gasteiger partial charge < -0.3 is 5.32 Å². The summed E-state index contributed by atoms with van der Waals surface area (Å²) >= 11 is 0. The molecule has 0 saturated heterocycles. The van der Waals surface area contributed by atoms with Gasteiger partial charge in [-0.1, -0.05) is 26.7 Å². The highest BCUT2D eigenvalue weighted by Crippen LogP contribution is 2.31. The van der Waals surface area contributed by atoms with Gasteiger partial charge in [-0.25, -0.2) is 8.42 Å². The maximum absolute atomic E-state index is 12.7. The molecule has 0 aromatic heterocycles. The van der Waals surface area contributed by atoms with Crippen molar-refractivity contribution in [3.63, 3.8) is 0 Å². The smallest absolute Gasteiger partial charge is 0.251 e. The van der Waals surface area contributed by atoms with Crippen molar-refractivity contribution in [2.45, 2.75) is 52.0 Å². The van der Waals surface area contributed by atoms with E-state index in [1.807, 2.05) is 6.07 Å².